The molecule has 7 nitrogen and oxygen atoms in total. The Balaban J connectivity index is 1.46. The van der Waals surface area contributed by atoms with Crippen LogP contribution < -0.4 is 14.8 Å². The number of nitrogens with one attached hydrogen (secondary N) is 1. The van der Waals surface area contributed by atoms with Crippen molar-refractivity contribution >= 4 is 17.2 Å². The number of para-hydroxylation sites is 1. The van der Waals surface area contributed by atoms with E-state index in [2.05, 4.69) is 15.6 Å². The van der Waals surface area contributed by atoms with Crippen LogP contribution >= 0.6 is 11.3 Å². The first kappa shape index (κ1) is 14.7. The van der Waals surface area contributed by atoms with E-state index in [9.17, 15) is 4.79 Å². The van der Waals surface area contributed by atoms with Gasteiger partial charge in [-0.3, -0.25) is 4.79 Å². The largest absolute Gasteiger partial charge is 0.486 e. The highest BCUT2D eigenvalue weighted by Gasteiger charge is 2.20. The van der Waals surface area contributed by atoms with Crippen LogP contribution in [0.15, 0.2) is 41.2 Å². The number of hydrogen-bond acceptors (Lipinski definition) is 6. The Hall–Kier alpha value is -2.87. The van der Waals surface area contributed by atoms with Crippen LogP contribution in [0.5, 0.6) is 11.5 Å². The molecule has 0 spiro atoms. The number of benzene rings is 1. The van der Waals surface area contributed by atoms with Gasteiger partial charge in [0.1, 0.15) is 18.9 Å². The van der Waals surface area contributed by atoms with Crippen molar-refractivity contribution in [3.63, 3.8) is 0 Å². The van der Waals surface area contributed by atoms with Crippen molar-refractivity contribution in [2.45, 2.75) is 6.54 Å². The summed E-state index contributed by atoms with van der Waals surface area (Å²) >= 11 is 1.59. The smallest absolute Gasteiger partial charge is 0.255 e. The predicted octanol–water partition coefficient (Wildman–Crippen LogP) is 2.03. The number of carbonyl (C=O) groups is 1. The lowest BCUT2D eigenvalue weighted by Gasteiger charge is -2.20. The zero-order valence-electron chi connectivity index (χ0n) is 12.6. The molecule has 3 aromatic rings. The second-order valence-corrected chi connectivity index (χ2v) is 5.93. The van der Waals surface area contributed by atoms with E-state index >= 15 is 0 Å². The molecule has 1 aromatic carbocycles. The molecule has 0 saturated heterocycles. The van der Waals surface area contributed by atoms with Gasteiger partial charge in [-0.15, -0.1) is 5.10 Å². The molecule has 1 aliphatic heterocycles. The molecular formula is C16H14N4O3S. The van der Waals surface area contributed by atoms with E-state index in [1.807, 2.05) is 16.8 Å². The molecule has 1 amide bonds. The van der Waals surface area contributed by atoms with Gasteiger partial charge in [-0.2, -0.15) is 11.3 Å². The fourth-order valence-corrected chi connectivity index (χ4v) is 3.03. The van der Waals surface area contributed by atoms with Gasteiger partial charge in [0.25, 0.3) is 5.91 Å². The molecule has 0 unspecified atom stereocenters. The molecule has 8 heteroatoms. The summed E-state index contributed by atoms with van der Waals surface area (Å²) in [5.74, 6) is 0.850. The third-order valence-electron chi connectivity index (χ3n) is 3.55. The van der Waals surface area contributed by atoms with Crippen LogP contribution in [0.2, 0.25) is 0 Å². The SMILES string of the molecule is O=C(NCc1cn(-c2ccsc2)nn1)c1cccc2c1OCCO2. The van der Waals surface area contributed by atoms with Crippen molar-refractivity contribution in [1.29, 1.82) is 0 Å². The maximum Gasteiger partial charge on any atom is 0.255 e. The standard InChI is InChI=1S/C16H14N4O3S/c21-16(13-2-1-3-14-15(13)23-6-5-22-14)17-8-11-9-20(19-18-11)12-4-7-24-10-12/h1-4,7,9-10H,5-6,8H2,(H,17,21). The van der Waals surface area contributed by atoms with Gasteiger partial charge in [0, 0.05) is 5.38 Å². The first-order valence-electron chi connectivity index (χ1n) is 7.42. The number of rotatable bonds is 4. The summed E-state index contributed by atoms with van der Waals surface area (Å²) in [6.45, 7) is 1.21. The number of hydrogen-bond donors (Lipinski definition) is 1. The number of thiophene rings is 1. The molecule has 1 aliphatic rings. The number of nitrogens with zero attached hydrogens (tertiary/aromatic N) is 3. The second kappa shape index (κ2) is 6.32. The summed E-state index contributed by atoms with van der Waals surface area (Å²) in [6.07, 6.45) is 1.79. The zero-order chi connectivity index (χ0) is 16.4. The number of fused-ring (bicyclic) bond motifs is 1. The third kappa shape index (κ3) is 2.83. The Labute approximate surface area is 141 Å². The van der Waals surface area contributed by atoms with Crippen LogP contribution in [-0.4, -0.2) is 34.1 Å². The minimum atomic E-state index is -0.234. The van der Waals surface area contributed by atoms with E-state index in [0.29, 0.717) is 36.0 Å². The van der Waals surface area contributed by atoms with Crippen LogP contribution in [0, 0.1) is 0 Å². The van der Waals surface area contributed by atoms with Gasteiger partial charge < -0.3 is 14.8 Å². The van der Waals surface area contributed by atoms with Crippen LogP contribution in [0.25, 0.3) is 5.69 Å². The number of amides is 1. The topological polar surface area (TPSA) is 78.3 Å². The molecule has 24 heavy (non-hydrogen) atoms. The van der Waals surface area contributed by atoms with Crippen LogP contribution in [0.3, 0.4) is 0 Å². The van der Waals surface area contributed by atoms with E-state index < -0.39 is 0 Å². The highest BCUT2D eigenvalue weighted by molar-refractivity contribution is 7.08. The lowest BCUT2D eigenvalue weighted by atomic mass is 10.1. The molecule has 1 N–H and O–H groups in total. The fourth-order valence-electron chi connectivity index (χ4n) is 2.41. The number of ether oxygens (including phenoxy) is 2. The van der Waals surface area contributed by atoms with Gasteiger partial charge >= 0.3 is 0 Å². The lowest BCUT2D eigenvalue weighted by Crippen LogP contribution is -2.25. The van der Waals surface area contributed by atoms with Crippen molar-refractivity contribution in [3.8, 4) is 17.2 Å². The van der Waals surface area contributed by atoms with Crippen LogP contribution in [0.4, 0.5) is 0 Å². The summed E-state index contributed by atoms with van der Waals surface area (Å²) in [5.41, 5.74) is 2.08. The maximum atomic E-state index is 12.4. The van der Waals surface area contributed by atoms with Crippen molar-refractivity contribution in [2.24, 2.45) is 0 Å². The van der Waals surface area contributed by atoms with E-state index in [0.717, 1.165) is 5.69 Å². The Bertz CT molecular complexity index is 860. The third-order valence-corrected chi connectivity index (χ3v) is 4.22. The predicted molar refractivity (Wildman–Crippen MR) is 87.8 cm³/mol. The Kier molecular flexibility index (Phi) is 3.87. The van der Waals surface area contributed by atoms with Crippen molar-refractivity contribution in [2.75, 3.05) is 13.2 Å². The quantitative estimate of drug-likeness (QED) is 0.785. The van der Waals surface area contributed by atoms with Gasteiger partial charge in [0.15, 0.2) is 11.5 Å². The molecule has 0 atom stereocenters. The van der Waals surface area contributed by atoms with Crippen molar-refractivity contribution in [1.82, 2.24) is 20.3 Å². The van der Waals surface area contributed by atoms with E-state index in [-0.39, 0.29) is 12.5 Å². The van der Waals surface area contributed by atoms with Gasteiger partial charge in [-0.1, -0.05) is 11.3 Å². The molecule has 0 radical (unpaired) electrons. The molecule has 0 saturated carbocycles. The van der Waals surface area contributed by atoms with Gasteiger partial charge in [-0.05, 0) is 23.6 Å². The minimum Gasteiger partial charge on any atom is -0.486 e. The zero-order valence-corrected chi connectivity index (χ0v) is 13.5. The molecule has 0 fully saturated rings. The van der Waals surface area contributed by atoms with Crippen LogP contribution in [-0.2, 0) is 6.54 Å². The van der Waals surface area contributed by atoms with Crippen molar-refractivity contribution < 1.29 is 14.3 Å². The molecule has 2 aromatic heterocycles. The Morgan fingerprint density at radius 3 is 3.08 bits per heavy atom. The normalized spacial score (nSPS) is 12.8. The monoisotopic (exact) mass is 342 g/mol. The summed E-state index contributed by atoms with van der Waals surface area (Å²) in [6, 6.07) is 7.23. The summed E-state index contributed by atoms with van der Waals surface area (Å²) < 4.78 is 12.7. The summed E-state index contributed by atoms with van der Waals surface area (Å²) in [5, 5.41) is 14.9. The summed E-state index contributed by atoms with van der Waals surface area (Å²) in [7, 11) is 0. The highest BCUT2D eigenvalue weighted by Crippen LogP contribution is 2.33. The van der Waals surface area contributed by atoms with E-state index in [4.69, 9.17) is 9.47 Å². The average molecular weight is 342 g/mol. The molecule has 4 rings (SSSR count). The minimum absolute atomic E-state index is 0.234. The maximum absolute atomic E-state index is 12.4. The molecule has 3 heterocycles. The van der Waals surface area contributed by atoms with Crippen molar-refractivity contribution in [3.05, 3.63) is 52.5 Å². The van der Waals surface area contributed by atoms with Gasteiger partial charge in [-0.25, -0.2) is 4.68 Å². The molecular weight excluding hydrogens is 328 g/mol. The molecule has 122 valence electrons. The average Bonchev–Trinajstić information content (AvgIpc) is 3.30. The first-order chi connectivity index (χ1) is 11.8. The number of carbonyl (C=O) groups excluding carboxylic acids is 1. The Morgan fingerprint density at radius 2 is 2.21 bits per heavy atom. The molecule has 0 bridgehead atoms. The highest BCUT2D eigenvalue weighted by atomic mass is 32.1. The van der Waals surface area contributed by atoms with Gasteiger partial charge in [0.05, 0.1) is 24.0 Å². The number of aromatic nitrogens is 3. The van der Waals surface area contributed by atoms with Crippen LogP contribution in [0.1, 0.15) is 16.1 Å². The lowest BCUT2D eigenvalue weighted by molar-refractivity contribution is 0.0939. The van der Waals surface area contributed by atoms with E-state index in [1.54, 1.807) is 40.4 Å². The second-order valence-electron chi connectivity index (χ2n) is 5.15. The van der Waals surface area contributed by atoms with Gasteiger partial charge in [0.2, 0.25) is 0 Å². The first-order valence-corrected chi connectivity index (χ1v) is 8.36. The fraction of sp³-hybridized carbons (Fsp3) is 0.188. The Morgan fingerprint density at radius 1 is 1.29 bits per heavy atom. The summed E-state index contributed by atoms with van der Waals surface area (Å²) in [4.78, 5) is 12.4. The van der Waals surface area contributed by atoms with E-state index in [1.165, 1.54) is 0 Å². The molecule has 0 aliphatic carbocycles.